The van der Waals surface area contributed by atoms with E-state index in [1.807, 2.05) is 0 Å². The smallest absolute Gasteiger partial charge is 0.115 e. The second-order valence-electron chi connectivity index (χ2n) is 4.59. The first-order chi connectivity index (χ1) is 7.59. The summed E-state index contributed by atoms with van der Waals surface area (Å²) in [6.07, 6.45) is 3.07. The van der Waals surface area contributed by atoms with Gasteiger partial charge < -0.3 is 9.30 Å². The molecule has 0 radical (unpaired) electrons. The Labute approximate surface area is 96.7 Å². The number of nitrogens with zero attached hydrogens (tertiary/aromatic N) is 3. The van der Waals surface area contributed by atoms with Gasteiger partial charge in [0.2, 0.25) is 0 Å². The molecule has 0 aromatic carbocycles. The second-order valence-corrected chi connectivity index (χ2v) is 4.59. The molecule has 3 heteroatoms. The maximum absolute atomic E-state index is 4.65. The van der Waals surface area contributed by atoms with Crippen molar-refractivity contribution in [2.24, 2.45) is 0 Å². The summed E-state index contributed by atoms with van der Waals surface area (Å²) in [5.74, 6) is 1.15. The predicted octanol–water partition coefficient (Wildman–Crippen LogP) is 2.14. The summed E-state index contributed by atoms with van der Waals surface area (Å²) in [4.78, 5) is 6.87. The summed E-state index contributed by atoms with van der Waals surface area (Å²) in [5, 5.41) is 0. The van der Waals surface area contributed by atoms with Crippen molar-refractivity contribution in [3.63, 3.8) is 0 Å². The van der Waals surface area contributed by atoms with Crippen molar-refractivity contribution in [2.45, 2.75) is 26.3 Å². The molecular weight excluding hydrogens is 198 g/mol. The van der Waals surface area contributed by atoms with Crippen LogP contribution >= 0.6 is 0 Å². The molecule has 0 aliphatic carbocycles. The topological polar surface area (TPSA) is 20.5 Å². The quantitative estimate of drug-likeness (QED) is 0.785. The van der Waals surface area contributed by atoms with Crippen LogP contribution in [0, 0.1) is 6.92 Å². The Bertz CT molecular complexity index is 485. The number of pyridine rings is 1. The highest BCUT2D eigenvalue weighted by Gasteiger charge is 2.12. The third-order valence-electron chi connectivity index (χ3n) is 3.16. The molecule has 86 valence electrons. The van der Waals surface area contributed by atoms with Gasteiger partial charge in [-0.25, -0.2) is 4.98 Å². The average molecular weight is 217 g/mol. The highest BCUT2D eigenvalue weighted by Crippen LogP contribution is 2.14. The Hall–Kier alpha value is -1.35. The molecule has 0 spiro atoms. The molecule has 0 fully saturated rings. The minimum absolute atomic E-state index is 0.505. The van der Waals surface area contributed by atoms with E-state index in [4.69, 9.17) is 0 Å². The van der Waals surface area contributed by atoms with Crippen LogP contribution in [0.2, 0.25) is 0 Å². The van der Waals surface area contributed by atoms with Gasteiger partial charge in [-0.15, -0.1) is 0 Å². The highest BCUT2D eigenvalue weighted by molar-refractivity contribution is 5.52. The summed E-state index contributed by atoms with van der Waals surface area (Å²) in [7, 11) is 4.21. The summed E-state index contributed by atoms with van der Waals surface area (Å²) in [6.45, 7) is 4.29. The number of imidazole rings is 1. The maximum atomic E-state index is 4.65. The molecule has 0 saturated heterocycles. The molecule has 0 aliphatic rings. The van der Waals surface area contributed by atoms with E-state index < -0.39 is 0 Å². The molecule has 16 heavy (non-hydrogen) atoms. The Balaban J connectivity index is 2.38. The largest absolute Gasteiger partial charge is 0.306 e. The number of aryl methyl sites for hydroxylation is 1. The van der Waals surface area contributed by atoms with E-state index in [1.165, 1.54) is 5.52 Å². The first-order valence-corrected chi connectivity index (χ1v) is 5.68. The van der Waals surface area contributed by atoms with Gasteiger partial charge in [0.25, 0.3) is 0 Å². The zero-order valence-electron chi connectivity index (χ0n) is 10.4. The number of fused-ring (bicyclic) bond motifs is 1. The van der Waals surface area contributed by atoms with Crippen LogP contribution in [0.25, 0.3) is 5.52 Å². The predicted molar refractivity (Wildman–Crippen MR) is 66.8 cm³/mol. The molecule has 2 aromatic heterocycles. The highest BCUT2D eigenvalue weighted by atomic mass is 15.1. The summed E-state index contributed by atoms with van der Waals surface area (Å²) in [5.41, 5.74) is 2.32. The lowest BCUT2D eigenvalue weighted by Crippen LogP contribution is -2.27. The van der Waals surface area contributed by atoms with Gasteiger partial charge in [-0.05, 0) is 40.1 Å². The minimum Gasteiger partial charge on any atom is -0.306 e. The number of rotatable bonds is 3. The fourth-order valence-corrected chi connectivity index (χ4v) is 1.86. The molecule has 1 unspecified atom stereocenters. The van der Waals surface area contributed by atoms with Crippen LogP contribution in [0.1, 0.15) is 18.4 Å². The normalized spacial score (nSPS) is 13.6. The van der Waals surface area contributed by atoms with E-state index in [-0.39, 0.29) is 0 Å². The van der Waals surface area contributed by atoms with Crippen molar-refractivity contribution in [2.75, 3.05) is 14.1 Å². The molecular formula is C13H19N3. The van der Waals surface area contributed by atoms with Gasteiger partial charge in [0.05, 0.1) is 11.2 Å². The maximum Gasteiger partial charge on any atom is 0.115 e. The van der Waals surface area contributed by atoms with Crippen LogP contribution in [-0.2, 0) is 6.42 Å². The SMILES string of the molecule is Cc1nc(CC(C)N(C)C)n2ccccc12. The van der Waals surface area contributed by atoms with E-state index in [9.17, 15) is 0 Å². The number of hydrogen-bond acceptors (Lipinski definition) is 2. The molecule has 1 atom stereocenters. The zero-order valence-corrected chi connectivity index (χ0v) is 10.4. The molecule has 0 bridgehead atoms. The molecule has 0 amide bonds. The molecule has 2 aromatic rings. The van der Waals surface area contributed by atoms with E-state index >= 15 is 0 Å². The molecule has 0 N–H and O–H groups in total. The molecule has 0 aliphatic heterocycles. The van der Waals surface area contributed by atoms with Crippen LogP contribution in [0.15, 0.2) is 24.4 Å². The van der Waals surface area contributed by atoms with Gasteiger partial charge in [0.1, 0.15) is 5.82 Å². The lowest BCUT2D eigenvalue weighted by Gasteiger charge is -2.18. The Morgan fingerprint density at radius 1 is 1.38 bits per heavy atom. The molecule has 0 saturated carbocycles. The number of likely N-dealkylation sites (N-methyl/N-ethyl adjacent to an activating group) is 1. The fourth-order valence-electron chi connectivity index (χ4n) is 1.86. The fraction of sp³-hybridized carbons (Fsp3) is 0.462. The van der Waals surface area contributed by atoms with Gasteiger partial charge in [0.15, 0.2) is 0 Å². The second kappa shape index (κ2) is 4.26. The van der Waals surface area contributed by atoms with Crippen molar-refractivity contribution < 1.29 is 0 Å². The summed E-state index contributed by atoms with van der Waals surface area (Å²) in [6, 6.07) is 6.73. The van der Waals surface area contributed by atoms with Gasteiger partial charge in [-0.3, -0.25) is 0 Å². The first-order valence-electron chi connectivity index (χ1n) is 5.68. The van der Waals surface area contributed by atoms with Gasteiger partial charge in [-0.1, -0.05) is 6.07 Å². The van der Waals surface area contributed by atoms with Crippen molar-refractivity contribution in [1.82, 2.24) is 14.3 Å². The van der Waals surface area contributed by atoms with Crippen molar-refractivity contribution in [3.05, 3.63) is 35.9 Å². The van der Waals surface area contributed by atoms with Crippen molar-refractivity contribution >= 4 is 5.52 Å². The van der Waals surface area contributed by atoms with Crippen LogP contribution in [-0.4, -0.2) is 34.4 Å². The molecule has 2 rings (SSSR count). The van der Waals surface area contributed by atoms with Crippen molar-refractivity contribution in [1.29, 1.82) is 0 Å². The van der Waals surface area contributed by atoms with E-state index in [1.54, 1.807) is 0 Å². The van der Waals surface area contributed by atoms with Crippen molar-refractivity contribution in [3.8, 4) is 0 Å². The lowest BCUT2D eigenvalue weighted by molar-refractivity contribution is 0.308. The number of hydrogen-bond donors (Lipinski definition) is 0. The van der Waals surface area contributed by atoms with Gasteiger partial charge >= 0.3 is 0 Å². The summed E-state index contributed by atoms with van der Waals surface area (Å²) >= 11 is 0. The van der Waals surface area contributed by atoms with Crippen LogP contribution < -0.4 is 0 Å². The standard InChI is InChI=1S/C13H19N3/c1-10(15(3)4)9-13-14-11(2)12-7-5-6-8-16(12)13/h5-8,10H,9H2,1-4H3. The van der Waals surface area contributed by atoms with E-state index in [0.717, 1.165) is 17.9 Å². The van der Waals surface area contributed by atoms with Gasteiger partial charge in [0, 0.05) is 18.7 Å². The summed E-state index contributed by atoms with van der Waals surface area (Å²) < 4.78 is 2.19. The Kier molecular flexibility index (Phi) is 2.97. The van der Waals surface area contributed by atoms with Crippen LogP contribution in [0.3, 0.4) is 0 Å². The third kappa shape index (κ3) is 1.95. The molecule has 3 nitrogen and oxygen atoms in total. The minimum atomic E-state index is 0.505. The Morgan fingerprint density at radius 2 is 2.12 bits per heavy atom. The van der Waals surface area contributed by atoms with Gasteiger partial charge in [-0.2, -0.15) is 0 Å². The van der Waals surface area contributed by atoms with Crippen LogP contribution in [0.4, 0.5) is 0 Å². The number of aromatic nitrogens is 2. The lowest BCUT2D eigenvalue weighted by atomic mass is 10.2. The average Bonchev–Trinajstić information content (AvgIpc) is 2.57. The zero-order chi connectivity index (χ0) is 11.7. The van der Waals surface area contributed by atoms with E-state index in [0.29, 0.717) is 6.04 Å². The van der Waals surface area contributed by atoms with Crippen LogP contribution in [0.5, 0.6) is 0 Å². The Morgan fingerprint density at radius 3 is 2.81 bits per heavy atom. The van der Waals surface area contributed by atoms with E-state index in [2.05, 4.69) is 66.6 Å². The third-order valence-corrected chi connectivity index (χ3v) is 3.16. The monoisotopic (exact) mass is 217 g/mol. The first kappa shape index (κ1) is 11.1. The molecule has 2 heterocycles.